The van der Waals surface area contributed by atoms with Gasteiger partial charge in [-0.3, -0.25) is 4.79 Å². The van der Waals surface area contributed by atoms with Crippen LogP contribution in [0.1, 0.15) is 44.3 Å². The Balaban J connectivity index is 2.34. The van der Waals surface area contributed by atoms with Crippen LogP contribution >= 0.6 is 0 Å². The minimum absolute atomic E-state index is 0.0404. The van der Waals surface area contributed by atoms with Crippen molar-refractivity contribution >= 4 is 5.91 Å². The van der Waals surface area contributed by atoms with Crippen LogP contribution in [0.3, 0.4) is 0 Å². The van der Waals surface area contributed by atoms with E-state index in [1.54, 1.807) is 7.05 Å². The van der Waals surface area contributed by atoms with E-state index in [2.05, 4.69) is 15.5 Å². The highest BCUT2D eigenvalue weighted by atomic mass is 16.5. The summed E-state index contributed by atoms with van der Waals surface area (Å²) in [5.74, 6) is 1.66. The van der Waals surface area contributed by atoms with Gasteiger partial charge in [0.1, 0.15) is 0 Å². The van der Waals surface area contributed by atoms with Gasteiger partial charge in [-0.05, 0) is 6.42 Å². The van der Waals surface area contributed by atoms with Crippen molar-refractivity contribution in [3.05, 3.63) is 11.7 Å². The van der Waals surface area contributed by atoms with Gasteiger partial charge in [-0.15, -0.1) is 0 Å². The number of aromatic nitrogens is 2. The van der Waals surface area contributed by atoms with Gasteiger partial charge in [0.15, 0.2) is 5.82 Å². The number of nitrogens with zero attached hydrogens (tertiary/aromatic N) is 2. The number of carbonyl (C=O) groups excluding carboxylic acids is 1. The van der Waals surface area contributed by atoms with Gasteiger partial charge >= 0.3 is 0 Å². The lowest BCUT2D eigenvalue weighted by Crippen LogP contribution is -2.17. The quantitative estimate of drug-likeness (QED) is 0.796. The van der Waals surface area contributed by atoms with Crippen LogP contribution in [0, 0.1) is 0 Å². The average molecular weight is 211 g/mol. The van der Waals surface area contributed by atoms with E-state index in [-0.39, 0.29) is 11.8 Å². The maximum Gasteiger partial charge on any atom is 0.226 e. The topological polar surface area (TPSA) is 68.0 Å². The summed E-state index contributed by atoms with van der Waals surface area (Å²) in [7, 11) is 1.63. The average Bonchev–Trinajstić information content (AvgIpc) is 2.66. The zero-order chi connectivity index (χ0) is 11.3. The van der Waals surface area contributed by atoms with Crippen LogP contribution in [-0.2, 0) is 11.2 Å². The Labute approximate surface area is 89.2 Å². The third-order valence-corrected chi connectivity index (χ3v) is 2.07. The van der Waals surface area contributed by atoms with Crippen LogP contribution < -0.4 is 5.32 Å². The van der Waals surface area contributed by atoms with E-state index in [4.69, 9.17) is 4.52 Å². The van der Waals surface area contributed by atoms with Gasteiger partial charge in [0.2, 0.25) is 11.8 Å². The Bertz CT molecular complexity index is 320. The van der Waals surface area contributed by atoms with Gasteiger partial charge in [0.25, 0.3) is 0 Å². The molecule has 15 heavy (non-hydrogen) atoms. The lowest BCUT2D eigenvalue weighted by Gasteiger charge is -1.96. The number of rotatable bonds is 5. The Morgan fingerprint density at radius 2 is 2.27 bits per heavy atom. The molecule has 0 saturated carbocycles. The summed E-state index contributed by atoms with van der Waals surface area (Å²) in [4.78, 5) is 15.2. The molecule has 0 aliphatic rings. The molecule has 1 rings (SSSR count). The summed E-state index contributed by atoms with van der Waals surface area (Å²) in [5, 5.41) is 6.42. The van der Waals surface area contributed by atoms with Crippen molar-refractivity contribution in [2.75, 3.05) is 7.05 Å². The van der Waals surface area contributed by atoms with Crippen molar-refractivity contribution in [1.29, 1.82) is 0 Å². The molecule has 5 heteroatoms. The Hall–Kier alpha value is -1.39. The Kier molecular flexibility index (Phi) is 4.27. The van der Waals surface area contributed by atoms with Crippen LogP contribution in [0.2, 0.25) is 0 Å². The first-order valence-corrected chi connectivity index (χ1v) is 5.16. The van der Waals surface area contributed by atoms with Crippen LogP contribution in [0.15, 0.2) is 4.52 Å². The maximum absolute atomic E-state index is 10.9. The van der Waals surface area contributed by atoms with Gasteiger partial charge in [-0.2, -0.15) is 4.98 Å². The van der Waals surface area contributed by atoms with Crippen LogP contribution in [0.25, 0.3) is 0 Å². The monoisotopic (exact) mass is 211 g/mol. The molecule has 1 heterocycles. The molecule has 0 bridgehead atoms. The van der Waals surface area contributed by atoms with E-state index in [1.807, 2.05) is 13.8 Å². The predicted molar refractivity (Wildman–Crippen MR) is 55.4 cm³/mol. The highest BCUT2D eigenvalue weighted by Crippen LogP contribution is 2.10. The molecule has 0 fully saturated rings. The molecule has 1 aromatic heterocycles. The molecule has 1 N–H and O–H groups in total. The van der Waals surface area contributed by atoms with Gasteiger partial charge in [-0.1, -0.05) is 19.0 Å². The highest BCUT2D eigenvalue weighted by molar-refractivity contribution is 5.75. The lowest BCUT2D eigenvalue weighted by molar-refractivity contribution is -0.120. The summed E-state index contributed by atoms with van der Waals surface area (Å²) < 4.78 is 5.05. The molecule has 0 unspecified atom stereocenters. The van der Waals surface area contributed by atoms with E-state index in [0.29, 0.717) is 18.7 Å². The lowest BCUT2D eigenvalue weighted by atomic mass is 10.2. The molecule has 1 aromatic rings. The first-order valence-electron chi connectivity index (χ1n) is 5.16. The molecule has 5 nitrogen and oxygen atoms in total. The van der Waals surface area contributed by atoms with Crippen molar-refractivity contribution in [3.8, 4) is 0 Å². The second kappa shape index (κ2) is 5.48. The first-order chi connectivity index (χ1) is 7.13. The zero-order valence-corrected chi connectivity index (χ0v) is 9.41. The Morgan fingerprint density at radius 3 is 2.80 bits per heavy atom. The maximum atomic E-state index is 10.9. The largest absolute Gasteiger partial charge is 0.359 e. The summed E-state index contributed by atoms with van der Waals surface area (Å²) in [6.45, 7) is 4.03. The molecule has 1 amide bonds. The van der Waals surface area contributed by atoms with E-state index in [1.165, 1.54) is 0 Å². The van der Waals surface area contributed by atoms with Crippen molar-refractivity contribution < 1.29 is 9.32 Å². The molecular weight excluding hydrogens is 194 g/mol. The second-order valence-electron chi connectivity index (χ2n) is 3.73. The zero-order valence-electron chi connectivity index (χ0n) is 9.41. The number of nitrogens with one attached hydrogen (secondary N) is 1. The van der Waals surface area contributed by atoms with Crippen molar-refractivity contribution in [3.63, 3.8) is 0 Å². The fourth-order valence-electron chi connectivity index (χ4n) is 1.13. The SMILES string of the molecule is CNC(=O)CCCc1nc(C(C)C)no1. The highest BCUT2D eigenvalue weighted by Gasteiger charge is 2.09. The van der Waals surface area contributed by atoms with Gasteiger partial charge < -0.3 is 9.84 Å². The van der Waals surface area contributed by atoms with E-state index in [9.17, 15) is 4.79 Å². The Morgan fingerprint density at radius 1 is 1.53 bits per heavy atom. The van der Waals surface area contributed by atoms with E-state index < -0.39 is 0 Å². The molecule has 0 radical (unpaired) electrons. The standard InChI is InChI=1S/C10H17N3O2/c1-7(2)10-12-9(15-13-10)6-4-5-8(14)11-3/h7H,4-6H2,1-3H3,(H,11,14). The van der Waals surface area contributed by atoms with Crippen LogP contribution in [0.4, 0.5) is 0 Å². The number of hydrogen-bond acceptors (Lipinski definition) is 4. The molecule has 0 aromatic carbocycles. The van der Waals surface area contributed by atoms with Gasteiger partial charge in [0.05, 0.1) is 0 Å². The number of hydrogen-bond donors (Lipinski definition) is 1. The minimum Gasteiger partial charge on any atom is -0.359 e. The minimum atomic E-state index is 0.0404. The number of aryl methyl sites for hydroxylation is 1. The van der Waals surface area contributed by atoms with Crippen molar-refractivity contribution in [2.24, 2.45) is 0 Å². The van der Waals surface area contributed by atoms with Gasteiger partial charge in [0, 0.05) is 25.8 Å². The molecular formula is C10H17N3O2. The third-order valence-electron chi connectivity index (χ3n) is 2.07. The van der Waals surface area contributed by atoms with E-state index >= 15 is 0 Å². The second-order valence-corrected chi connectivity index (χ2v) is 3.73. The number of carbonyl (C=O) groups is 1. The third kappa shape index (κ3) is 3.69. The number of amides is 1. The fourth-order valence-corrected chi connectivity index (χ4v) is 1.13. The molecule has 0 spiro atoms. The summed E-state index contributed by atoms with van der Waals surface area (Å²) in [5.41, 5.74) is 0. The molecule has 0 aliphatic carbocycles. The summed E-state index contributed by atoms with van der Waals surface area (Å²) in [6.07, 6.45) is 1.89. The van der Waals surface area contributed by atoms with Crippen LogP contribution in [0.5, 0.6) is 0 Å². The molecule has 0 saturated heterocycles. The van der Waals surface area contributed by atoms with Gasteiger partial charge in [-0.25, -0.2) is 0 Å². The predicted octanol–water partition coefficient (Wildman–Crippen LogP) is 1.26. The van der Waals surface area contributed by atoms with Crippen molar-refractivity contribution in [1.82, 2.24) is 15.5 Å². The van der Waals surface area contributed by atoms with E-state index in [0.717, 1.165) is 12.2 Å². The smallest absolute Gasteiger partial charge is 0.226 e. The van der Waals surface area contributed by atoms with Crippen molar-refractivity contribution in [2.45, 2.75) is 39.0 Å². The molecule has 0 atom stereocenters. The molecule has 0 aliphatic heterocycles. The fraction of sp³-hybridized carbons (Fsp3) is 0.700. The normalized spacial score (nSPS) is 10.7. The van der Waals surface area contributed by atoms with Crippen LogP contribution in [-0.4, -0.2) is 23.1 Å². The summed E-state index contributed by atoms with van der Waals surface area (Å²) in [6, 6.07) is 0. The molecule has 84 valence electrons. The first kappa shape index (κ1) is 11.7. The summed E-state index contributed by atoms with van der Waals surface area (Å²) >= 11 is 0.